The van der Waals surface area contributed by atoms with Gasteiger partial charge >= 0.3 is 0 Å². The number of nitrogens with zero attached hydrogens (tertiary/aromatic N) is 1. The molecule has 0 fully saturated rings. The molecule has 0 radical (unpaired) electrons. The van der Waals surface area contributed by atoms with E-state index in [1.165, 1.54) is 0 Å². The number of imidazole rings is 1. The Labute approximate surface area is 109 Å². The summed E-state index contributed by atoms with van der Waals surface area (Å²) in [7, 11) is 0. The molecule has 0 bridgehead atoms. The van der Waals surface area contributed by atoms with Gasteiger partial charge in [-0.2, -0.15) is 0 Å². The largest absolute Gasteiger partial charge is 0.345 e. The molecule has 3 aromatic rings. The summed E-state index contributed by atoms with van der Waals surface area (Å²) in [6.07, 6.45) is 3.51. The van der Waals surface area contributed by atoms with Gasteiger partial charge in [0, 0.05) is 34.6 Å². The molecule has 1 aliphatic carbocycles. The maximum atomic E-state index is 12.4. The van der Waals surface area contributed by atoms with Gasteiger partial charge in [0.1, 0.15) is 5.82 Å². The van der Waals surface area contributed by atoms with Crippen molar-refractivity contribution in [3.8, 4) is 22.5 Å². The first kappa shape index (κ1) is 10.3. The zero-order valence-electron chi connectivity index (χ0n) is 10.1. The number of nitrogens with one attached hydrogen (secondary N) is 1. The number of hydrogen-bond acceptors (Lipinski definition) is 2. The Bertz CT molecular complexity index is 788. The minimum Gasteiger partial charge on any atom is -0.345 e. The van der Waals surface area contributed by atoms with Crippen LogP contribution in [0.15, 0.2) is 54.9 Å². The van der Waals surface area contributed by atoms with Gasteiger partial charge in [0.15, 0.2) is 5.78 Å². The summed E-state index contributed by atoms with van der Waals surface area (Å²) in [4.78, 5) is 19.8. The Morgan fingerprint density at radius 3 is 2.37 bits per heavy atom. The fourth-order valence-corrected chi connectivity index (χ4v) is 2.69. The highest BCUT2D eigenvalue weighted by molar-refractivity contribution is 6.23. The summed E-state index contributed by atoms with van der Waals surface area (Å²) in [5.41, 5.74) is 4.49. The van der Waals surface area contributed by atoms with E-state index in [4.69, 9.17) is 0 Å². The Kier molecular flexibility index (Phi) is 1.97. The molecular formula is C16H10N2O. The number of aromatic nitrogens is 2. The third-order valence-corrected chi connectivity index (χ3v) is 3.50. The molecule has 0 saturated heterocycles. The van der Waals surface area contributed by atoms with Crippen LogP contribution in [0.25, 0.3) is 22.5 Å². The molecule has 0 saturated carbocycles. The lowest BCUT2D eigenvalue weighted by molar-refractivity contribution is 0.104. The molecule has 3 heteroatoms. The minimum atomic E-state index is 0.0963. The summed E-state index contributed by atoms with van der Waals surface area (Å²) < 4.78 is 0. The van der Waals surface area contributed by atoms with Gasteiger partial charge in [0.05, 0.1) is 0 Å². The summed E-state index contributed by atoms with van der Waals surface area (Å²) in [6, 6.07) is 13.5. The molecule has 0 spiro atoms. The van der Waals surface area contributed by atoms with Gasteiger partial charge in [-0.05, 0) is 5.56 Å². The van der Waals surface area contributed by atoms with E-state index in [2.05, 4.69) is 9.97 Å². The van der Waals surface area contributed by atoms with Gasteiger partial charge in [0.25, 0.3) is 0 Å². The van der Waals surface area contributed by atoms with Crippen LogP contribution < -0.4 is 0 Å². The highest BCUT2D eigenvalue weighted by Crippen LogP contribution is 2.41. The lowest BCUT2D eigenvalue weighted by Crippen LogP contribution is -1.94. The third kappa shape index (κ3) is 1.32. The minimum absolute atomic E-state index is 0.0963. The van der Waals surface area contributed by atoms with E-state index < -0.39 is 0 Å². The smallest absolute Gasteiger partial charge is 0.194 e. The van der Waals surface area contributed by atoms with E-state index in [-0.39, 0.29) is 5.78 Å². The molecule has 1 heterocycles. The predicted molar refractivity (Wildman–Crippen MR) is 72.9 cm³/mol. The molecule has 1 aromatic heterocycles. The Balaban J connectivity index is 2.09. The van der Waals surface area contributed by atoms with E-state index in [9.17, 15) is 4.79 Å². The van der Waals surface area contributed by atoms with Gasteiger partial charge in [-0.25, -0.2) is 4.98 Å². The second kappa shape index (κ2) is 3.65. The normalized spacial score (nSPS) is 12.3. The molecule has 2 aromatic carbocycles. The van der Waals surface area contributed by atoms with Crippen LogP contribution in [-0.4, -0.2) is 15.8 Å². The molecule has 0 unspecified atom stereocenters. The summed E-state index contributed by atoms with van der Waals surface area (Å²) in [6.45, 7) is 0. The monoisotopic (exact) mass is 246 g/mol. The second-order valence-corrected chi connectivity index (χ2v) is 4.54. The van der Waals surface area contributed by atoms with Crippen LogP contribution in [0.5, 0.6) is 0 Å². The third-order valence-electron chi connectivity index (χ3n) is 3.50. The van der Waals surface area contributed by atoms with Crippen molar-refractivity contribution < 1.29 is 4.79 Å². The number of rotatable bonds is 1. The maximum Gasteiger partial charge on any atom is 0.194 e. The fourth-order valence-electron chi connectivity index (χ4n) is 2.69. The van der Waals surface area contributed by atoms with E-state index in [1.807, 2.05) is 42.5 Å². The zero-order chi connectivity index (χ0) is 12.8. The van der Waals surface area contributed by atoms with E-state index in [1.54, 1.807) is 12.4 Å². The molecule has 3 nitrogen and oxygen atoms in total. The van der Waals surface area contributed by atoms with Crippen molar-refractivity contribution in [1.82, 2.24) is 9.97 Å². The van der Waals surface area contributed by atoms with Gasteiger partial charge in [0.2, 0.25) is 0 Å². The topological polar surface area (TPSA) is 45.8 Å². The number of hydrogen-bond donors (Lipinski definition) is 1. The molecule has 4 rings (SSSR count). The zero-order valence-corrected chi connectivity index (χ0v) is 10.1. The summed E-state index contributed by atoms with van der Waals surface area (Å²) >= 11 is 0. The Morgan fingerprint density at radius 2 is 1.58 bits per heavy atom. The van der Waals surface area contributed by atoms with Crippen molar-refractivity contribution in [2.75, 3.05) is 0 Å². The maximum absolute atomic E-state index is 12.4. The number of benzene rings is 2. The van der Waals surface area contributed by atoms with Crippen molar-refractivity contribution in [2.45, 2.75) is 0 Å². The van der Waals surface area contributed by atoms with Crippen LogP contribution in [0.3, 0.4) is 0 Å². The summed E-state index contributed by atoms with van der Waals surface area (Å²) in [5.74, 6) is 0.889. The lowest BCUT2D eigenvalue weighted by atomic mass is 9.99. The number of carbonyl (C=O) groups excluding carboxylic acids is 1. The van der Waals surface area contributed by atoms with E-state index in [0.717, 1.165) is 33.6 Å². The van der Waals surface area contributed by atoms with Crippen LogP contribution in [0.2, 0.25) is 0 Å². The van der Waals surface area contributed by atoms with Crippen LogP contribution in [-0.2, 0) is 0 Å². The van der Waals surface area contributed by atoms with Gasteiger partial charge in [-0.3, -0.25) is 4.79 Å². The molecule has 1 N–H and O–H groups in total. The molecule has 0 atom stereocenters. The standard InChI is InChI=1S/C16H10N2O/c19-15-11-5-2-1-4-10(11)14-12(15)6-3-7-13(14)16-17-8-9-18-16/h1-9H,(H,17,18). The van der Waals surface area contributed by atoms with Crippen molar-refractivity contribution in [3.05, 3.63) is 66.0 Å². The van der Waals surface area contributed by atoms with Gasteiger partial charge in [-0.1, -0.05) is 42.5 Å². The first-order valence-electron chi connectivity index (χ1n) is 6.13. The van der Waals surface area contributed by atoms with Crippen LogP contribution in [0, 0.1) is 0 Å². The van der Waals surface area contributed by atoms with Crippen molar-refractivity contribution in [1.29, 1.82) is 0 Å². The van der Waals surface area contributed by atoms with Crippen LogP contribution >= 0.6 is 0 Å². The molecule has 0 amide bonds. The second-order valence-electron chi connectivity index (χ2n) is 4.54. The number of ketones is 1. The van der Waals surface area contributed by atoms with Crippen molar-refractivity contribution in [3.63, 3.8) is 0 Å². The Hall–Kier alpha value is -2.68. The van der Waals surface area contributed by atoms with Gasteiger partial charge in [-0.15, -0.1) is 0 Å². The van der Waals surface area contributed by atoms with E-state index in [0.29, 0.717) is 0 Å². The van der Waals surface area contributed by atoms with E-state index >= 15 is 0 Å². The number of carbonyl (C=O) groups is 1. The van der Waals surface area contributed by atoms with Crippen LogP contribution in [0.4, 0.5) is 0 Å². The first-order valence-corrected chi connectivity index (χ1v) is 6.13. The average Bonchev–Trinajstić information content (AvgIpc) is 3.08. The lowest BCUT2D eigenvalue weighted by Gasteiger charge is -2.06. The van der Waals surface area contributed by atoms with Crippen molar-refractivity contribution >= 4 is 5.78 Å². The number of aromatic amines is 1. The molecular weight excluding hydrogens is 236 g/mol. The summed E-state index contributed by atoms with van der Waals surface area (Å²) in [5, 5.41) is 0. The van der Waals surface area contributed by atoms with Gasteiger partial charge < -0.3 is 4.98 Å². The highest BCUT2D eigenvalue weighted by Gasteiger charge is 2.28. The number of H-pyrrole nitrogens is 1. The Morgan fingerprint density at radius 1 is 0.842 bits per heavy atom. The van der Waals surface area contributed by atoms with Crippen molar-refractivity contribution in [2.24, 2.45) is 0 Å². The average molecular weight is 246 g/mol. The molecule has 1 aliphatic rings. The predicted octanol–water partition coefficient (Wildman–Crippen LogP) is 3.29. The van der Waals surface area contributed by atoms with Crippen LogP contribution in [0.1, 0.15) is 15.9 Å². The SMILES string of the molecule is O=C1c2ccccc2-c2c1cccc2-c1ncc[nH]1. The quantitative estimate of drug-likeness (QED) is 0.560. The first-order chi connectivity index (χ1) is 9.36. The molecule has 90 valence electrons. The molecule has 0 aliphatic heterocycles. The number of fused-ring (bicyclic) bond motifs is 3. The molecule has 19 heavy (non-hydrogen) atoms. The fraction of sp³-hybridized carbons (Fsp3) is 0. The highest BCUT2D eigenvalue weighted by atomic mass is 16.1.